The van der Waals surface area contributed by atoms with Gasteiger partial charge in [-0.05, 0) is 18.2 Å². The Labute approximate surface area is 87.2 Å². The van der Waals surface area contributed by atoms with Crippen LogP contribution in [-0.2, 0) is 4.84 Å². The molecule has 0 fully saturated rings. The minimum absolute atomic E-state index is 0.429. The minimum atomic E-state index is -0.429. The number of hydroxylamine groups is 1. The Hall–Kier alpha value is -0.490. The van der Waals surface area contributed by atoms with Crippen LogP contribution in [0.4, 0.5) is 4.79 Å². The van der Waals surface area contributed by atoms with Gasteiger partial charge >= 0.3 is 6.09 Å². The third-order valence-corrected chi connectivity index (χ3v) is 2.45. The third kappa shape index (κ3) is 5.70. The number of nitrogens with one attached hydrogen (secondary N) is 1. The highest BCUT2D eigenvalue weighted by Crippen LogP contribution is 2.08. The van der Waals surface area contributed by atoms with E-state index >= 15 is 0 Å². The van der Waals surface area contributed by atoms with E-state index in [0.717, 1.165) is 5.75 Å². The molecule has 0 spiro atoms. The van der Waals surface area contributed by atoms with Crippen molar-refractivity contribution in [2.45, 2.75) is 6.92 Å². The average Bonchev–Trinajstić information content (AvgIpc) is 2.13. The molecule has 0 aliphatic carbocycles. The molecule has 0 radical (unpaired) electrons. The van der Waals surface area contributed by atoms with Crippen molar-refractivity contribution in [3.05, 3.63) is 11.6 Å². The highest BCUT2D eigenvalue weighted by molar-refractivity contribution is 8.02. The molecule has 0 aromatic heterocycles. The lowest BCUT2D eigenvalue weighted by Gasteiger charge is -2.14. The lowest BCUT2D eigenvalue weighted by atomic mass is 11.0. The van der Waals surface area contributed by atoms with E-state index in [1.54, 1.807) is 7.05 Å². The topological polar surface area (TPSA) is 41.6 Å². The van der Waals surface area contributed by atoms with Gasteiger partial charge in [-0.3, -0.25) is 4.31 Å². The maximum Gasteiger partial charge on any atom is 0.443 e. The molecule has 0 saturated carbocycles. The van der Waals surface area contributed by atoms with Gasteiger partial charge in [0.15, 0.2) is 0 Å². The quantitative estimate of drug-likeness (QED) is 0.569. The Kier molecular flexibility index (Phi) is 6.70. The van der Waals surface area contributed by atoms with Crippen LogP contribution in [0.15, 0.2) is 11.6 Å². The summed E-state index contributed by atoms with van der Waals surface area (Å²) in [6, 6.07) is 0. The molecule has 13 heavy (non-hydrogen) atoms. The molecule has 76 valence electrons. The fourth-order valence-electron chi connectivity index (χ4n) is 0.453. The summed E-state index contributed by atoms with van der Waals surface area (Å²) in [6.45, 7) is 5.56. The van der Waals surface area contributed by atoms with Crippen molar-refractivity contribution in [1.29, 1.82) is 0 Å². The SMILES string of the molecule is C=C(NOC(=O)N(C)SCC)SC. The van der Waals surface area contributed by atoms with E-state index in [0.29, 0.717) is 5.03 Å². The molecule has 0 atom stereocenters. The molecule has 0 rings (SSSR count). The highest BCUT2D eigenvalue weighted by Gasteiger charge is 2.09. The molecule has 0 unspecified atom stereocenters. The second kappa shape index (κ2) is 6.97. The lowest BCUT2D eigenvalue weighted by Crippen LogP contribution is -2.26. The van der Waals surface area contributed by atoms with Crippen LogP contribution in [0.25, 0.3) is 0 Å². The van der Waals surface area contributed by atoms with Crippen molar-refractivity contribution in [2.75, 3.05) is 19.1 Å². The van der Waals surface area contributed by atoms with E-state index in [9.17, 15) is 4.79 Å². The summed E-state index contributed by atoms with van der Waals surface area (Å²) >= 11 is 2.76. The number of nitrogens with zero attached hydrogens (tertiary/aromatic N) is 1. The Morgan fingerprint density at radius 2 is 2.31 bits per heavy atom. The molecule has 0 bridgehead atoms. The fraction of sp³-hybridized carbons (Fsp3) is 0.571. The van der Waals surface area contributed by atoms with Crippen LogP contribution in [0.5, 0.6) is 0 Å². The summed E-state index contributed by atoms with van der Waals surface area (Å²) in [5.41, 5.74) is 2.44. The lowest BCUT2D eigenvalue weighted by molar-refractivity contribution is 0.0974. The largest absolute Gasteiger partial charge is 0.443 e. The highest BCUT2D eigenvalue weighted by atomic mass is 32.2. The van der Waals surface area contributed by atoms with Crippen LogP contribution in [-0.4, -0.2) is 29.5 Å². The summed E-state index contributed by atoms with van der Waals surface area (Å²) in [6.07, 6.45) is 1.41. The van der Waals surface area contributed by atoms with Crippen molar-refractivity contribution < 1.29 is 9.63 Å². The van der Waals surface area contributed by atoms with E-state index in [4.69, 9.17) is 4.84 Å². The summed E-state index contributed by atoms with van der Waals surface area (Å²) in [5, 5.41) is 0.600. The molecule has 4 nitrogen and oxygen atoms in total. The maximum absolute atomic E-state index is 11.1. The zero-order valence-corrected chi connectivity index (χ0v) is 9.63. The molecule has 0 aliphatic heterocycles. The van der Waals surface area contributed by atoms with Crippen LogP contribution in [0.3, 0.4) is 0 Å². The number of rotatable bonds is 5. The van der Waals surface area contributed by atoms with Gasteiger partial charge in [0.25, 0.3) is 0 Å². The summed E-state index contributed by atoms with van der Waals surface area (Å²) in [4.78, 5) is 15.8. The number of carbonyl (C=O) groups is 1. The second-order valence-electron chi connectivity index (χ2n) is 2.01. The van der Waals surface area contributed by atoms with Gasteiger partial charge in [0.1, 0.15) is 0 Å². The Morgan fingerprint density at radius 3 is 2.77 bits per heavy atom. The average molecular weight is 222 g/mol. The normalized spacial score (nSPS) is 9.15. The first-order valence-corrected chi connectivity index (χ1v) is 5.84. The molecule has 0 aromatic rings. The predicted octanol–water partition coefficient (Wildman–Crippen LogP) is 2.06. The predicted molar refractivity (Wildman–Crippen MR) is 58.2 cm³/mol. The van der Waals surface area contributed by atoms with Crippen LogP contribution in [0.2, 0.25) is 0 Å². The van der Waals surface area contributed by atoms with Crippen LogP contribution < -0.4 is 5.48 Å². The first kappa shape index (κ1) is 12.5. The van der Waals surface area contributed by atoms with Gasteiger partial charge in [-0.1, -0.05) is 13.5 Å². The zero-order valence-electron chi connectivity index (χ0n) is 7.99. The number of carbonyl (C=O) groups excluding carboxylic acids is 1. The van der Waals surface area contributed by atoms with E-state index in [2.05, 4.69) is 12.1 Å². The second-order valence-corrected chi connectivity index (χ2v) is 4.30. The minimum Gasteiger partial charge on any atom is -0.323 e. The smallest absolute Gasteiger partial charge is 0.323 e. The summed E-state index contributed by atoms with van der Waals surface area (Å²) in [5.74, 6) is 0.828. The van der Waals surface area contributed by atoms with Gasteiger partial charge in [-0.2, -0.15) is 0 Å². The number of amides is 1. The van der Waals surface area contributed by atoms with Crippen LogP contribution >= 0.6 is 23.7 Å². The van der Waals surface area contributed by atoms with Gasteiger partial charge in [0.05, 0.1) is 5.03 Å². The number of thioether (sulfide) groups is 1. The number of hydrogen-bond acceptors (Lipinski definition) is 5. The van der Waals surface area contributed by atoms with E-state index < -0.39 is 6.09 Å². The first-order chi connectivity index (χ1) is 6.11. The van der Waals surface area contributed by atoms with Gasteiger partial charge in [0.2, 0.25) is 0 Å². The molecule has 6 heteroatoms. The molecule has 1 N–H and O–H groups in total. The van der Waals surface area contributed by atoms with Crippen molar-refractivity contribution >= 4 is 29.8 Å². The molecule has 0 aliphatic rings. The summed E-state index contributed by atoms with van der Waals surface area (Å²) < 4.78 is 1.42. The molecule has 0 aromatic carbocycles. The van der Waals surface area contributed by atoms with E-state index in [1.807, 2.05) is 13.2 Å². The zero-order chi connectivity index (χ0) is 10.3. The summed E-state index contributed by atoms with van der Waals surface area (Å²) in [7, 11) is 1.65. The van der Waals surface area contributed by atoms with Gasteiger partial charge in [-0.15, -0.1) is 11.8 Å². The van der Waals surface area contributed by atoms with E-state index in [1.165, 1.54) is 28.0 Å². The molecule has 0 heterocycles. The number of hydrogen-bond donors (Lipinski definition) is 1. The van der Waals surface area contributed by atoms with Crippen molar-refractivity contribution in [2.24, 2.45) is 0 Å². The molecule has 1 amide bonds. The monoisotopic (exact) mass is 222 g/mol. The molecule has 0 saturated heterocycles. The van der Waals surface area contributed by atoms with Crippen molar-refractivity contribution in [3.63, 3.8) is 0 Å². The van der Waals surface area contributed by atoms with Gasteiger partial charge < -0.3 is 4.84 Å². The Morgan fingerprint density at radius 1 is 1.69 bits per heavy atom. The van der Waals surface area contributed by atoms with Crippen molar-refractivity contribution in [3.8, 4) is 0 Å². The molecular formula is C7H14N2O2S2. The first-order valence-electron chi connectivity index (χ1n) is 3.68. The standard InChI is InChI=1S/C7H14N2O2S2/c1-5-13-9(3)7(10)11-8-6(2)12-4/h8H,2,5H2,1,3-4H3. The van der Waals surface area contributed by atoms with E-state index in [-0.39, 0.29) is 0 Å². The van der Waals surface area contributed by atoms with Crippen molar-refractivity contribution in [1.82, 2.24) is 9.79 Å². The Balaban J connectivity index is 3.67. The van der Waals surface area contributed by atoms with Gasteiger partial charge in [-0.25, -0.2) is 10.3 Å². The fourth-order valence-corrected chi connectivity index (χ4v) is 1.11. The van der Waals surface area contributed by atoms with Gasteiger partial charge in [0, 0.05) is 12.8 Å². The van der Waals surface area contributed by atoms with Crippen LogP contribution in [0, 0.1) is 0 Å². The molecular weight excluding hydrogens is 208 g/mol. The maximum atomic E-state index is 11.1. The third-order valence-electron chi connectivity index (χ3n) is 1.08. The van der Waals surface area contributed by atoms with Crippen LogP contribution in [0.1, 0.15) is 6.92 Å². The Bertz CT molecular complexity index is 187.